The van der Waals surface area contributed by atoms with Crippen molar-refractivity contribution in [1.29, 1.82) is 0 Å². The number of halogens is 4. The van der Waals surface area contributed by atoms with E-state index in [1.807, 2.05) is 0 Å². The highest BCUT2D eigenvalue weighted by atomic mass is 79.9. The molecule has 1 rings (SSSR count). The first-order chi connectivity index (χ1) is 9.00. The van der Waals surface area contributed by atoms with Gasteiger partial charge in [-0.1, -0.05) is 15.9 Å². The number of sulfonamides is 1. The summed E-state index contributed by atoms with van der Waals surface area (Å²) in [6.07, 6.45) is -4.60. The van der Waals surface area contributed by atoms with Gasteiger partial charge in [-0.3, -0.25) is 4.79 Å². The maximum absolute atomic E-state index is 12.6. The highest BCUT2D eigenvalue weighted by Gasteiger charge is 2.33. The number of primary sulfonamides is 1. The highest BCUT2D eigenvalue weighted by Crippen LogP contribution is 2.35. The molecule has 20 heavy (non-hydrogen) atoms. The fourth-order valence-corrected chi connectivity index (χ4v) is 2.15. The molecule has 0 heterocycles. The number of nitrogens with two attached hydrogens (primary N) is 1. The minimum Gasteiger partial charge on any atom is -0.351 e. The molecule has 112 valence electrons. The van der Waals surface area contributed by atoms with Gasteiger partial charge in [-0.25, -0.2) is 13.6 Å². The van der Waals surface area contributed by atoms with Crippen LogP contribution < -0.4 is 10.5 Å². The van der Waals surface area contributed by atoms with Crippen LogP contribution in [-0.4, -0.2) is 26.6 Å². The van der Waals surface area contributed by atoms with Crippen molar-refractivity contribution in [1.82, 2.24) is 5.32 Å². The Morgan fingerprint density at radius 2 is 1.95 bits per heavy atom. The molecule has 0 aliphatic heterocycles. The average molecular weight is 375 g/mol. The standard InChI is InChI=1S/C10H10BrF3N2O3S/c11-8-2-1-6(5-7(8)10(12,13)14)9(17)16-3-4-20(15,18)19/h1-2,5H,3-4H2,(H,16,17)(H2,15,18,19). The fraction of sp³-hybridized carbons (Fsp3) is 0.300. The van der Waals surface area contributed by atoms with Gasteiger partial charge in [0.05, 0.1) is 11.3 Å². The Balaban J connectivity index is 2.85. The second-order valence-corrected chi connectivity index (χ2v) is 6.40. The van der Waals surface area contributed by atoms with Gasteiger partial charge in [0.15, 0.2) is 0 Å². The van der Waals surface area contributed by atoms with E-state index in [2.05, 4.69) is 21.2 Å². The van der Waals surface area contributed by atoms with E-state index >= 15 is 0 Å². The molecule has 0 aliphatic rings. The fourth-order valence-electron chi connectivity index (χ4n) is 1.29. The summed E-state index contributed by atoms with van der Waals surface area (Å²) in [6, 6.07) is 2.96. The van der Waals surface area contributed by atoms with Crippen molar-refractivity contribution in [2.75, 3.05) is 12.3 Å². The molecule has 1 aromatic carbocycles. The first-order valence-corrected chi connectivity index (χ1v) is 7.67. The van der Waals surface area contributed by atoms with Crippen molar-refractivity contribution in [2.24, 2.45) is 5.14 Å². The Kier molecular flexibility index (Phi) is 5.16. The monoisotopic (exact) mass is 374 g/mol. The van der Waals surface area contributed by atoms with Crippen molar-refractivity contribution < 1.29 is 26.4 Å². The van der Waals surface area contributed by atoms with E-state index in [4.69, 9.17) is 5.14 Å². The van der Waals surface area contributed by atoms with Gasteiger partial charge in [-0.05, 0) is 18.2 Å². The van der Waals surface area contributed by atoms with Crippen LogP contribution in [0.4, 0.5) is 13.2 Å². The van der Waals surface area contributed by atoms with Crippen molar-refractivity contribution >= 4 is 31.9 Å². The zero-order chi connectivity index (χ0) is 15.6. The highest BCUT2D eigenvalue weighted by molar-refractivity contribution is 9.10. The smallest absolute Gasteiger partial charge is 0.351 e. The van der Waals surface area contributed by atoms with Gasteiger partial charge in [0.2, 0.25) is 10.0 Å². The van der Waals surface area contributed by atoms with Crippen molar-refractivity contribution in [2.45, 2.75) is 6.18 Å². The van der Waals surface area contributed by atoms with E-state index in [-0.39, 0.29) is 16.6 Å². The van der Waals surface area contributed by atoms with Crippen LogP contribution in [0.25, 0.3) is 0 Å². The van der Waals surface area contributed by atoms with Gasteiger partial charge in [0.25, 0.3) is 5.91 Å². The molecule has 0 saturated heterocycles. The Labute approximate surface area is 121 Å². The van der Waals surface area contributed by atoms with E-state index in [1.165, 1.54) is 6.07 Å². The molecule has 0 aliphatic carbocycles. The van der Waals surface area contributed by atoms with Crippen LogP contribution in [0.1, 0.15) is 15.9 Å². The summed E-state index contributed by atoms with van der Waals surface area (Å²) >= 11 is 2.75. The lowest BCUT2D eigenvalue weighted by atomic mass is 10.1. The first kappa shape index (κ1) is 16.9. The maximum Gasteiger partial charge on any atom is 0.417 e. The summed E-state index contributed by atoms with van der Waals surface area (Å²) < 4.78 is 59.0. The van der Waals surface area contributed by atoms with Gasteiger partial charge >= 0.3 is 6.18 Å². The van der Waals surface area contributed by atoms with E-state index in [1.54, 1.807) is 0 Å². The Hall–Kier alpha value is -1.13. The third-order valence-corrected chi connectivity index (χ3v) is 3.67. The maximum atomic E-state index is 12.6. The molecule has 0 bridgehead atoms. The number of rotatable bonds is 4. The molecule has 0 aromatic heterocycles. The summed E-state index contributed by atoms with van der Waals surface area (Å²) in [5, 5.41) is 6.90. The summed E-state index contributed by atoms with van der Waals surface area (Å²) in [5.74, 6) is -1.31. The quantitative estimate of drug-likeness (QED) is 0.836. The molecule has 3 N–H and O–H groups in total. The normalized spacial score (nSPS) is 12.2. The van der Waals surface area contributed by atoms with E-state index in [0.717, 1.165) is 6.07 Å². The number of hydrogen-bond donors (Lipinski definition) is 2. The second-order valence-electron chi connectivity index (χ2n) is 3.82. The predicted octanol–water partition coefficient (Wildman–Crippen LogP) is 1.49. The lowest BCUT2D eigenvalue weighted by Gasteiger charge is -2.11. The number of carbonyl (C=O) groups excluding carboxylic acids is 1. The van der Waals surface area contributed by atoms with E-state index in [0.29, 0.717) is 6.07 Å². The van der Waals surface area contributed by atoms with Gasteiger partial charge in [0.1, 0.15) is 0 Å². The number of alkyl halides is 3. The topological polar surface area (TPSA) is 89.3 Å². The molecule has 0 atom stereocenters. The second kappa shape index (κ2) is 6.10. The minimum absolute atomic E-state index is 0.189. The van der Waals surface area contributed by atoms with Crippen molar-refractivity contribution in [3.05, 3.63) is 33.8 Å². The van der Waals surface area contributed by atoms with Crippen LogP contribution >= 0.6 is 15.9 Å². The average Bonchev–Trinajstić information content (AvgIpc) is 2.26. The number of hydrogen-bond acceptors (Lipinski definition) is 3. The molecular formula is C10H10BrF3N2O3S. The van der Waals surface area contributed by atoms with Crippen LogP contribution in [0.2, 0.25) is 0 Å². The first-order valence-electron chi connectivity index (χ1n) is 5.16. The van der Waals surface area contributed by atoms with Gasteiger partial charge in [-0.2, -0.15) is 13.2 Å². The minimum atomic E-state index is -4.60. The lowest BCUT2D eigenvalue weighted by Crippen LogP contribution is -2.31. The van der Waals surface area contributed by atoms with Crippen LogP contribution in [-0.2, 0) is 16.2 Å². The molecule has 0 saturated carbocycles. The summed E-state index contributed by atoms with van der Waals surface area (Å²) in [7, 11) is -3.74. The molecule has 1 aromatic rings. The Morgan fingerprint density at radius 3 is 2.45 bits per heavy atom. The Morgan fingerprint density at radius 1 is 1.35 bits per heavy atom. The summed E-state index contributed by atoms with van der Waals surface area (Å²) in [4.78, 5) is 11.6. The summed E-state index contributed by atoms with van der Waals surface area (Å²) in [5.41, 5.74) is -1.22. The summed E-state index contributed by atoms with van der Waals surface area (Å²) in [6.45, 7) is -0.283. The zero-order valence-corrected chi connectivity index (χ0v) is 12.3. The molecule has 0 unspecified atom stereocenters. The largest absolute Gasteiger partial charge is 0.417 e. The molecular weight excluding hydrogens is 365 g/mol. The Bertz CT molecular complexity index is 617. The van der Waals surface area contributed by atoms with Crippen molar-refractivity contribution in [3.63, 3.8) is 0 Å². The molecule has 1 amide bonds. The van der Waals surface area contributed by atoms with Gasteiger partial charge in [-0.15, -0.1) is 0 Å². The molecule has 0 radical (unpaired) electrons. The zero-order valence-electron chi connectivity index (χ0n) is 9.87. The number of carbonyl (C=O) groups is 1. The molecule has 0 spiro atoms. The van der Waals surface area contributed by atoms with E-state index in [9.17, 15) is 26.4 Å². The molecule has 10 heteroatoms. The molecule has 0 fully saturated rings. The lowest BCUT2D eigenvalue weighted by molar-refractivity contribution is -0.138. The number of benzene rings is 1. The third-order valence-electron chi connectivity index (χ3n) is 2.21. The van der Waals surface area contributed by atoms with Crippen LogP contribution in [0.15, 0.2) is 22.7 Å². The SMILES string of the molecule is NS(=O)(=O)CCNC(=O)c1ccc(Br)c(C(F)(F)F)c1. The number of amides is 1. The van der Waals surface area contributed by atoms with Crippen LogP contribution in [0.3, 0.4) is 0 Å². The van der Waals surface area contributed by atoms with Gasteiger partial charge < -0.3 is 5.32 Å². The van der Waals surface area contributed by atoms with E-state index < -0.39 is 33.4 Å². The van der Waals surface area contributed by atoms with Crippen LogP contribution in [0.5, 0.6) is 0 Å². The predicted molar refractivity (Wildman–Crippen MR) is 69.5 cm³/mol. The molecule has 5 nitrogen and oxygen atoms in total. The third kappa shape index (κ3) is 5.10. The van der Waals surface area contributed by atoms with Crippen LogP contribution in [0, 0.1) is 0 Å². The number of nitrogens with one attached hydrogen (secondary N) is 1. The van der Waals surface area contributed by atoms with Gasteiger partial charge in [0, 0.05) is 16.6 Å². The van der Waals surface area contributed by atoms with Crippen molar-refractivity contribution in [3.8, 4) is 0 Å².